The number of imidazole rings is 1. The molecule has 0 saturated heterocycles. The lowest BCUT2D eigenvalue weighted by Gasteiger charge is -2.06. The molecule has 2 aromatic heterocycles. The molecule has 0 fully saturated rings. The van der Waals surface area contributed by atoms with E-state index in [2.05, 4.69) is 20.6 Å². The second kappa shape index (κ2) is 7.88. The summed E-state index contributed by atoms with van der Waals surface area (Å²) < 4.78 is 21.0. The molecule has 7 nitrogen and oxygen atoms in total. The Morgan fingerprint density at radius 1 is 1.28 bits per heavy atom. The predicted molar refractivity (Wildman–Crippen MR) is 111 cm³/mol. The Labute approximate surface area is 170 Å². The van der Waals surface area contributed by atoms with Crippen molar-refractivity contribution in [3.63, 3.8) is 0 Å². The summed E-state index contributed by atoms with van der Waals surface area (Å²) in [6.07, 6.45) is 1.54. The molecule has 9 heteroatoms. The number of aromatic nitrogens is 3. The summed E-state index contributed by atoms with van der Waals surface area (Å²) in [7, 11) is 3.49. The largest absolute Gasteiger partial charge is 0.497 e. The minimum Gasteiger partial charge on any atom is -0.497 e. The molecular weight excluding hydrogens is 393 g/mol. The number of hydrogen-bond donors (Lipinski definition) is 2. The average Bonchev–Trinajstić information content (AvgIpc) is 3.31. The number of hydrogen-bond acceptors (Lipinski definition) is 5. The van der Waals surface area contributed by atoms with Crippen LogP contribution in [0.2, 0.25) is 0 Å². The average molecular weight is 411 g/mol. The smallest absolute Gasteiger partial charge is 0.321 e. The topological polar surface area (TPSA) is 81.1 Å². The summed E-state index contributed by atoms with van der Waals surface area (Å²) in [5.74, 6) is 1.10. The van der Waals surface area contributed by atoms with Crippen LogP contribution in [-0.4, -0.2) is 27.7 Å². The van der Waals surface area contributed by atoms with Crippen molar-refractivity contribution in [1.82, 2.24) is 19.9 Å². The number of thiazole rings is 1. The van der Waals surface area contributed by atoms with E-state index in [4.69, 9.17) is 4.74 Å². The number of fused-ring (bicyclic) bond motifs is 1. The van der Waals surface area contributed by atoms with Crippen LogP contribution in [0.1, 0.15) is 5.82 Å². The van der Waals surface area contributed by atoms with Gasteiger partial charge in [0.15, 0.2) is 5.13 Å². The number of carbonyl (C=O) groups excluding carboxylic acids is 1. The van der Waals surface area contributed by atoms with Gasteiger partial charge in [-0.2, -0.15) is 0 Å². The van der Waals surface area contributed by atoms with Gasteiger partial charge >= 0.3 is 6.03 Å². The number of halogens is 1. The molecule has 2 amide bonds. The molecule has 2 heterocycles. The number of anilines is 1. The lowest BCUT2D eigenvalue weighted by atomic mass is 10.2. The number of rotatable bonds is 5. The minimum atomic E-state index is -0.413. The monoisotopic (exact) mass is 411 g/mol. The van der Waals surface area contributed by atoms with Crippen LogP contribution in [0.5, 0.6) is 5.75 Å². The Bertz CT molecular complexity index is 1190. The highest BCUT2D eigenvalue weighted by atomic mass is 32.1. The Morgan fingerprint density at radius 3 is 2.90 bits per heavy atom. The molecule has 0 aliphatic carbocycles. The third-order valence-corrected chi connectivity index (χ3v) is 5.40. The number of ether oxygens (including phenoxy) is 1. The molecule has 148 valence electrons. The fourth-order valence-electron chi connectivity index (χ4n) is 2.93. The first-order valence-corrected chi connectivity index (χ1v) is 9.61. The number of nitrogens with one attached hydrogen (secondary N) is 2. The first-order valence-electron chi connectivity index (χ1n) is 8.80. The third kappa shape index (κ3) is 3.90. The molecule has 2 aromatic carbocycles. The van der Waals surface area contributed by atoms with Crippen LogP contribution >= 0.6 is 11.3 Å². The Kier molecular flexibility index (Phi) is 5.13. The Morgan fingerprint density at radius 2 is 2.10 bits per heavy atom. The van der Waals surface area contributed by atoms with E-state index < -0.39 is 6.03 Å². The molecular formula is C20H18FN5O2S. The predicted octanol–water partition coefficient (Wildman–Crippen LogP) is 4.17. The van der Waals surface area contributed by atoms with Crippen molar-refractivity contribution in [2.45, 2.75) is 6.54 Å². The number of benzene rings is 2. The van der Waals surface area contributed by atoms with E-state index in [9.17, 15) is 9.18 Å². The molecule has 0 atom stereocenters. The SMILES string of the molecule is COc1ccc2c(c1)nc(CNC(=O)Nc1ncc(-c3ccccc3F)s1)n2C. The third-order valence-electron chi connectivity index (χ3n) is 4.45. The van der Waals surface area contributed by atoms with Gasteiger partial charge in [-0.05, 0) is 18.2 Å². The van der Waals surface area contributed by atoms with Gasteiger partial charge in [-0.1, -0.05) is 29.5 Å². The Hall–Kier alpha value is -3.46. The number of methoxy groups -OCH3 is 1. The molecule has 29 heavy (non-hydrogen) atoms. The zero-order chi connectivity index (χ0) is 20.4. The van der Waals surface area contributed by atoms with Gasteiger partial charge in [0.2, 0.25) is 0 Å². The van der Waals surface area contributed by atoms with E-state index in [0.717, 1.165) is 16.8 Å². The number of carbonyl (C=O) groups is 1. The summed E-state index contributed by atoms with van der Waals surface area (Å²) >= 11 is 1.20. The molecule has 0 saturated carbocycles. The van der Waals surface area contributed by atoms with Crippen LogP contribution in [0, 0.1) is 5.82 Å². The summed E-state index contributed by atoms with van der Waals surface area (Å²) in [6.45, 7) is 0.241. The van der Waals surface area contributed by atoms with Crippen LogP contribution in [0.15, 0.2) is 48.7 Å². The van der Waals surface area contributed by atoms with Crippen LogP contribution < -0.4 is 15.4 Å². The molecule has 0 aliphatic heterocycles. The van der Waals surface area contributed by atoms with Crippen LogP contribution in [0.3, 0.4) is 0 Å². The highest BCUT2D eigenvalue weighted by molar-refractivity contribution is 7.19. The van der Waals surface area contributed by atoms with E-state index in [1.165, 1.54) is 23.6 Å². The van der Waals surface area contributed by atoms with Gasteiger partial charge in [0.05, 0.1) is 29.6 Å². The van der Waals surface area contributed by atoms with Gasteiger partial charge in [-0.25, -0.2) is 19.2 Å². The maximum atomic E-state index is 13.9. The van der Waals surface area contributed by atoms with Gasteiger partial charge in [0, 0.05) is 24.9 Å². The second-order valence-electron chi connectivity index (χ2n) is 6.26. The number of amides is 2. The van der Waals surface area contributed by atoms with Crippen molar-refractivity contribution in [1.29, 1.82) is 0 Å². The molecule has 4 aromatic rings. The van der Waals surface area contributed by atoms with Crippen LogP contribution in [0.25, 0.3) is 21.5 Å². The highest BCUT2D eigenvalue weighted by Crippen LogP contribution is 2.30. The fraction of sp³-hybridized carbons (Fsp3) is 0.150. The van der Waals surface area contributed by atoms with E-state index in [1.807, 2.05) is 29.8 Å². The number of nitrogens with zero attached hydrogens (tertiary/aromatic N) is 3. The van der Waals surface area contributed by atoms with E-state index in [0.29, 0.717) is 21.4 Å². The normalized spacial score (nSPS) is 10.9. The van der Waals surface area contributed by atoms with Gasteiger partial charge < -0.3 is 14.6 Å². The summed E-state index contributed by atoms with van der Waals surface area (Å²) in [5.41, 5.74) is 2.18. The quantitative estimate of drug-likeness (QED) is 0.517. The highest BCUT2D eigenvalue weighted by Gasteiger charge is 2.13. The van der Waals surface area contributed by atoms with Crippen molar-refractivity contribution < 1.29 is 13.9 Å². The van der Waals surface area contributed by atoms with Crippen LogP contribution in [-0.2, 0) is 13.6 Å². The summed E-state index contributed by atoms with van der Waals surface area (Å²) in [6, 6.07) is 11.7. The molecule has 0 radical (unpaired) electrons. The Balaban J connectivity index is 1.41. The number of urea groups is 1. The maximum absolute atomic E-state index is 13.9. The standard InChI is InChI=1S/C20H18FN5O2S/c1-26-16-8-7-12(28-2)9-15(16)24-18(26)11-22-19(27)25-20-23-10-17(29-20)13-5-3-4-6-14(13)21/h3-10H,11H2,1-2H3,(H2,22,23,25,27). The minimum absolute atomic E-state index is 0.241. The van der Waals surface area contributed by atoms with E-state index >= 15 is 0 Å². The van der Waals surface area contributed by atoms with Crippen molar-refractivity contribution in [3.05, 3.63) is 60.3 Å². The van der Waals surface area contributed by atoms with E-state index in [-0.39, 0.29) is 12.4 Å². The second-order valence-corrected chi connectivity index (χ2v) is 7.29. The zero-order valence-corrected chi connectivity index (χ0v) is 16.6. The van der Waals surface area contributed by atoms with Crippen molar-refractivity contribution in [2.24, 2.45) is 7.05 Å². The zero-order valence-electron chi connectivity index (χ0n) is 15.8. The lowest BCUT2D eigenvalue weighted by Crippen LogP contribution is -2.29. The fourth-order valence-corrected chi connectivity index (χ4v) is 3.77. The van der Waals surface area contributed by atoms with E-state index in [1.54, 1.807) is 25.3 Å². The molecule has 0 aliphatic rings. The lowest BCUT2D eigenvalue weighted by molar-refractivity contribution is 0.251. The van der Waals surface area contributed by atoms with Gasteiger partial charge in [-0.15, -0.1) is 0 Å². The molecule has 4 rings (SSSR count). The molecule has 0 unspecified atom stereocenters. The van der Waals surface area contributed by atoms with Gasteiger partial charge in [0.1, 0.15) is 17.4 Å². The molecule has 2 N–H and O–H groups in total. The maximum Gasteiger partial charge on any atom is 0.321 e. The first-order chi connectivity index (χ1) is 14.0. The summed E-state index contributed by atoms with van der Waals surface area (Å²) in [5, 5.41) is 5.82. The summed E-state index contributed by atoms with van der Waals surface area (Å²) in [4.78, 5) is 21.6. The first kappa shape index (κ1) is 18.9. The van der Waals surface area contributed by atoms with Gasteiger partial charge in [-0.3, -0.25) is 5.32 Å². The number of aryl methyl sites for hydroxylation is 1. The van der Waals surface area contributed by atoms with Crippen molar-refractivity contribution in [2.75, 3.05) is 12.4 Å². The molecule has 0 bridgehead atoms. The van der Waals surface area contributed by atoms with Gasteiger partial charge in [0.25, 0.3) is 0 Å². The van der Waals surface area contributed by atoms with Crippen molar-refractivity contribution in [3.8, 4) is 16.2 Å². The van der Waals surface area contributed by atoms with Crippen molar-refractivity contribution >= 4 is 33.5 Å². The van der Waals surface area contributed by atoms with Crippen LogP contribution in [0.4, 0.5) is 14.3 Å². The molecule has 0 spiro atoms.